The summed E-state index contributed by atoms with van der Waals surface area (Å²) in [7, 11) is 1.08. The summed E-state index contributed by atoms with van der Waals surface area (Å²) in [4.78, 5) is 56.4. The number of amides is 5. The van der Waals surface area contributed by atoms with Gasteiger partial charge in [0.2, 0.25) is 11.8 Å². The average molecular weight is 349 g/mol. The molecule has 0 aromatic heterocycles. The van der Waals surface area contributed by atoms with E-state index in [2.05, 4.69) is 9.84 Å². The third-order valence-electron chi connectivity index (χ3n) is 3.10. The molecule has 1 saturated heterocycles. The van der Waals surface area contributed by atoms with Crippen LogP contribution in [0.3, 0.4) is 0 Å². The summed E-state index contributed by atoms with van der Waals surface area (Å²) in [5.74, 6) is -3.48. The number of nitro groups is 1. The van der Waals surface area contributed by atoms with E-state index in [0.29, 0.717) is 0 Å². The Morgan fingerprint density at radius 2 is 1.76 bits per heavy atom. The van der Waals surface area contributed by atoms with Gasteiger partial charge in [-0.3, -0.25) is 30.3 Å². The molecule has 130 valence electrons. The zero-order chi connectivity index (χ0) is 18.6. The van der Waals surface area contributed by atoms with E-state index in [-0.39, 0.29) is 17.0 Å². The fraction of sp³-hybridized carbons (Fsp3) is 0.154. The van der Waals surface area contributed by atoms with Gasteiger partial charge >= 0.3 is 12.1 Å². The van der Waals surface area contributed by atoms with Crippen molar-refractivity contribution >= 4 is 35.3 Å². The molecular formula is C13H11N5O7. The van der Waals surface area contributed by atoms with E-state index in [1.807, 2.05) is 16.1 Å². The fourth-order valence-corrected chi connectivity index (χ4v) is 1.97. The van der Waals surface area contributed by atoms with Crippen LogP contribution in [0.25, 0.3) is 0 Å². The average Bonchev–Trinajstić information content (AvgIpc) is 2.56. The maximum absolute atomic E-state index is 12.0. The number of ether oxygens (including phenoxy) is 1. The standard InChI is InChI=1S/C13H11N5O7/c1-25-13(22)17-16-9(6-2-4-7(5-3-6)18(23)24)8-10(19)14-12(21)15-11(8)20/h2-5,8H,1H3,(H,17,22)(H2,14,15,19,20,21)/b16-9+. The molecule has 1 aliphatic heterocycles. The topological polar surface area (TPSA) is 169 Å². The molecule has 12 nitrogen and oxygen atoms in total. The Bertz CT molecular complexity index is 766. The van der Waals surface area contributed by atoms with E-state index >= 15 is 0 Å². The van der Waals surface area contributed by atoms with Gasteiger partial charge in [0, 0.05) is 12.1 Å². The number of carbonyl (C=O) groups excluding carboxylic acids is 4. The van der Waals surface area contributed by atoms with Gasteiger partial charge in [-0.25, -0.2) is 15.0 Å². The van der Waals surface area contributed by atoms with Gasteiger partial charge in [-0.2, -0.15) is 5.10 Å². The highest BCUT2D eigenvalue weighted by atomic mass is 16.6. The van der Waals surface area contributed by atoms with Gasteiger partial charge in [-0.15, -0.1) is 0 Å². The van der Waals surface area contributed by atoms with Crippen molar-refractivity contribution in [2.24, 2.45) is 11.0 Å². The van der Waals surface area contributed by atoms with Crippen molar-refractivity contribution in [2.75, 3.05) is 7.11 Å². The largest absolute Gasteiger partial charge is 0.452 e. The van der Waals surface area contributed by atoms with E-state index in [9.17, 15) is 29.3 Å². The number of non-ortho nitro benzene ring substituents is 1. The predicted octanol–water partition coefficient (Wildman–Crippen LogP) is -0.363. The van der Waals surface area contributed by atoms with Gasteiger partial charge in [0.1, 0.15) is 0 Å². The molecular weight excluding hydrogens is 338 g/mol. The molecule has 12 heteroatoms. The van der Waals surface area contributed by atoms with Crippen molar-refractivity contribution in [3.05, 3.63) is 39.9 Å². The highest BCUT2D eigenvalue weighted by Crippen LogP contribution is 2.17. The van der Waals surface area contributed by atoms with Gasteiger partial charge in [-0.1, -0.05) is 0 Å². The van der Waals surface area contributed by atoms with Gasteiger partial charge in [-0.05, 0) is 17.7 Å². The fourth-order valence-electron chi connectivity index (χ4n) is 1.97. The molecule has 2 rings (SSSR count). The Morgan fingerprint density at radius 1 is 1.20 bits per heavy atom. The second-order valence-corrected chi connectivity index (χ2v) is 4.65. The molecule has 5 amide bonds. The van der Waals surface area contributed by atoms with Crippen molar-refractivity contribution in [3.8, 4) is 0 Å². The summed E-state index contributed by atoms with van der Waals surface area (Å²) in [6.07, 6.45) is -0.966. The monoisotopic (exact) mass is 349 g/mol. The number of hydrazone groups is 1. The van der Waals surface area contributed by atoms with Gasteiger partial charge in [0.15, 0.2) is 5.92 Å². The molecule has 0 aliphatic carbocycles. The molecule has 3 N–H and O–H groups in total. The molecule has 0 unspecified atom stereocenters. The molecule has 0 saturated carbocycles. The Morgan fingerprint density at radius 3 is 2.24 bits per heavy atom. The number of hydrogen-bond donors (Lipinski definition) is 3. The van der Waals surface area contributed by atoms with Crippen molar-refractivity contribution < 1.29 is 28.8 Å². The molecule has 1 aliphatic rings. The summed E-state index contributed by atoms with van der Waals surface area (Å²) >= 11 is 0. The van der Waals surface area contributed by atoms with Crippen LogP contribution in [0.5, 0.6) is 0 Å². The maximum atomic E-state index is 12.0. The van der Waals surface area contributed by atoms with Crippen molar-refractivity contribution in [3.63, 3.8) is 0 Å². The lowest BCUT2D eigenvalue weighted by atomic mass is 9.93. The lowest BCUT2D eigenvalue weighted by molar-refractivity contribution is -0.384. The van der Waals surface area contributed by atoms with Crippen molar-refractivity contribution in [1.82, 2.24) is 16.1 Å². The molecule has 1 aromatic rings. The predicted molar refractivity (Wildman–Crippen MR) is 80.3 cm³/mol. The van der Waals surface area contributed by atoms with E-state index in [1.54, 1.807) is 0 Å². The van der Waals surface area contributed by atoms with Crippen LogP contribution >= 0.6 is 0 Å². The van der Waals surface area contributed by atoms with Gasteiger partial charge in [0.05, 0.1) is 17.7 Å². The van der Waals surface area contributed by atoms with Crippen LogP contribution in [0.2, 0.25) is 0 Å². The lowest BCUT2D eigenvalue weighted by Gasteiger charge is -2.22. The lowest BCUT2D eigenvalue weighted by Crippen LogP contribution is -2.58. The highest BCUT2D eigenvalue weighted by Gasteiger charge is 2.39. The SMILES string of the molecule is COC(=O)N/N=C(\c1ccc([N+](=O)[O-])cc1)C1C(=O)NC(=O)NC1=O. The zero-order valence-electron chi connectivity index (χ0n) is 12.6. The van der Waals surface area contributed by atoms with E-state index in [0.717, 1.165) is 19.2 Å². The van der Waals surface area contributed by atoms with Gasteiger partial charge in [0.25, 0.3) is 5.69 Å². The number of urea groups is 1. The number of hydrogen-bond acceptors (Lipinski definition) is 8. The van der Waals surface area contributed by atoms with Crippen LogP contribution in [0.4, 0.5) is 15.3 Å². The molecule has 0 spiro atoms. The van der Waals surface area contributed by atoms with Crippen LogP contribution in [-0.2, 0) is 14.3 Å². The first-order chi connectivity index (χ1) is 11.8. The summed E-state index contributed by atoms with van der Waals surface area (Å²) in [6.45, 7) is 0. The Kier molecular flexibility index (Phi) is 5.02. The number of benzene rings is 1. The smallest absolute Gasteiger partial charge is 0.427 e. The minimum atomic E-state index is -1.56. The van der Waals surface area contributed by atoms with Crippen LogP contribution < -0.4 is 16.1 Å². The molecule has 0 bridgehead atoms. The van der Waals surface area contributed by atoms with Crippen LogP contribution in [0, 0.1) is 16.0 Å². The van der Waals surface area contributed by atoms with Crippen LogP contribution in [0.15, 0.2) is 29.4 Å². The Hall–Kier alpha value is -3.83. The minimum Gasteiger partial charge on any atom is -0.452 e. The molecule has 1 heterocycles. The Balaban J connectivity index is 2.44. The third-order valence-corrected chi connectivity index (χ3v) is 3.10. The number of imide groups is 2. The summed E-state index contributed by atoms with van der Waals surface area (Å²) < 4.78 is 4.34. The van der Waals surface area contributed by atoms with Gasteiger partial charge < -0.3 is 4.74 Å². The molecule has 0 atom stereocenters. The summed E-state index contributed by atoms with van der Waals surface area (Å²) in [5, 5.41) is 18.2. The number of nitrogens with one attached hydrogen (secondary N) is 3. The number of nitrogens with zero attached hydrogens (tertiary/aromatic N) is 2. The number of barbiturate groups is 1. The van der Waals surface area contributed by atoms with Crippen molar-refractivity contribution in [1.29, 1.82) is 0 Å². The second-order valence-electron chi connectivity index (χ2n) is 4.65. The number of carbonyl (C=O) groups is 4. The Labute approximate surface area is 139 Å². The minimum absolute atomic E-state index is 0.145. The first-order valence-corrected chi connectivity index (χ1v) is 6.65. The maximum Gasteiger partial charge on any atom is 0.427 e. The first kappa shape index (κ1) is 17.5. The normalized spacial score (nSPS) is 15.2. The van der Waals surface area contributed by atoms with Crippen molar-refractivity contribution in [2.45, 2.75) is 0 Å². The molecule has 1 aromatic carbocycles. The number of rotatable bonds is 4. The zero-order valence-corrected chi connectivity index (χ0v) is 12.6. The highest BCUT2D eigenvalue weighted by molar-refractivity contribution is 6.31. The molecule has 25 heavy (non-hydrogen) atoms. The first-order valence-electron chi connectivity index (χ1n) is 6.65. The van der Waals surface area contributed by atoms with E-state index in [4.69, 9.17) is 0 Å². The molecule has 0 radical (unpaired) electrons. The third kappa shape index (κ3) is 3.93. The molecule has 1 fully saturated rings. The summed E-state index contributed by atoms with van der Waals surface area (Å²) in [5.41, 5.74) is 1.65. The number of methoxy groups -OCH3 is 1. The van der Waals surface area contributed by atoms with E-state index < -0.39 is 34.8 Å². The summed E-state index contributed by atoms with van der Waals surface area (Å²) in [6, 6.07) is 3.76. The van der Waals surface area contributed by atoms with E-state index in [1.165, 1.54) is 12.1 Å². The number of nitro benzene ring substituents is 1. The van der Waals surface area contributed by atoms with Crippen LogP contribution in [0.1, 0.15) is 5.56 Å². The second kappa shape index (κ2) is 7.16. The van der Waals surface area contributed by atoms with Crippen LogP contribution in [-0.4, -0.2) is 41.7 Å². The quantitative estimate of drug-likeness (QED) is 0.288.